The molecule has 1 aromatic heterocycles. The van der Waals surface area contributed by atoms with E-state index in [-0.39, 0.29) is 17.6 Å². The topological polar surface area (TPSA) is 106 Å². The maximum Gasteiger partial charge on any atom is 0.329 e. The number of halogens is 1. The van der Waals surface area contributed by atoms with E-state index in [1.807, 2.05) is 12.2 Å². The second-order valence-electron chi connectivity index (χ2n) is 6.81. The summed E-state index contributed by atoms with van der Waals surface area (Å²) >= 11 is 5.74. The number of imide groups is 1. The molecule has 0 radical (unpaired) electrons. The smallest absolute Gasteiger partial charge is 0.329 e. The zero-order valence-corrected chi connectivity index (χ0v) is 16.2. The minimum Gasteiger partial charge on any atom is -0.451 e. The number of esters is 1. The minimum atomic E-state index is -1.14. The van der Waals surface area contributed by atoms with Crippen LogP contribution < -0.4 is 5.32 Å². The van der Waals surface area contributed by atoms with Crippen LogP contribution in [-0.2, 0) is 23.9 Å². The Morgan fingerprint density at radius 1 is 1.18 bits per heavy atom. The summed E-state index contributed by atoms with van der Waals surface area (Å²) < 4.78 is 5.17. The van der Waals surface area contributed by atoms with Crippen molar-refractivity contribution in [3.05, 3.63) is 35.5 Å². The van der Waals surface area contributed by atoms with Crippen molar-refractivity contribution in [2.75, 3.05) is 5.32 Å². The second kappa shape index (κ2) is 8.10. The highest BCUT2D eigenvalue weighted by atomic mass is 35.5. The summed E-state index contributed by atoms with van der Waals surface area (Å²) in [5, 5.41) is 2.92. The van der Waals surface area contributed by atoms with E-state index in [4.69, 9.17) is 16.3 Å². The fourth-order valence-electron chi connectivity index (χ4n) is 3.32. The number of nitrogens with one attached hydrogen (secondary N) is 1. The van der Waals surface area contributed by atoms with E-state index in [9.17, 15) is 19.2 Å². The van der Waals surface area contributed by atoms with Crippen LogP contribution in [0.2, 0.25) is 5.02 Å². The van der Waals surface area contributed by atoms with Gasteiger partial charge in [0.15, 0.2) is 6.10 Å². The van der Waals surface area contributed by atoms with Crippen LogP contribution in [0.5, 0.6) is 0 Å². The Morgan fingerprint density at radius 2 is 1.79 bits per heavy atom. The van der Waals surface area contributed by atoms with Gasteiger partial charge in [-0.1, -0.05) is 23.8 Å². The molecule has 9 heteroatoms. The molecule has 1 aromatic rings. The zero-order valence-electron chi connectivity index (χ0n) is 15.4. The Bertz CT molecular complexity index is 812. The summed E-state index contributed by atoms with van der Waals surface area (Å²) in [6.45, 7) is 2.82. The average Bonchev–Trinajstić information content (AvgIpc) is 2.93. The van der Waals surface area contributed by atoms with Crippen LogP contribution >= 0.6 is 11.6 Å². The first-order valence-electron chi connectivity index (χ1n) is 8.94. The van der Waals surface area contributed by atoms with E-state index >= 15 is 0 Å². The Kier molecular flexibility index (Phi) is 5.79. The fraction of sp³-hybridized carbons (Fsp3) is 0.421. The van der Waals surface area contributed by atoms with Crippen LogP contribution in [-0.4, -0.2) is 45.7 Å². The summed E-state index contributed by atoms with van der Waals surface area (Å²) in [5.41, 5.74) is 0. The Labute approximate surface area is 166 Å². The highest BCUT2D eigenvalue weighted by molar-refractivity contribution is 6.30. The highest BCUT2D eigenvalue weighted by Crippen LogP contribution is 2.36. The van der Waals surface area contributed by atoms with Crippen LogP contribution in [0.25, 0.3) is 0 Å². The molecule has 3 rings (SSSR count). The fourth-order valence-corrected chi connectivity index (χ4v) is 3.43. The van der Waals surface area contributed by atoms with Gasteiger partial charge in [-0.3, -0.25) is 19.3 Å². The number of allylic oxidation sites excluding steroid dienone is 2. The van der Waals surface area contributed by atoms with Gasteiger partial charge in [-0.15, -0.1) is 0 Å². The van der Waals surface area contributed by atoms with Gasteiger partial charge >= 0.3 is 5.97 Å². The van der Waals surface area contributed by atoms with Crippen molar-refractivity contribution in [1.82, 2.24) is 9.88 Å². The van der Waals surface area contributed by atoms with Crippen LogP contribution in [0.4, 0.5) is 5.82 Å². The van der Waals surface area contributed by atoms with Crippen molar-refractivity contribution in [3.63, 3.8) is 0 Å². The largest absolute Gasteiger partial charge is 0.451 e. The van der Waals surface area contributed by atoms with Gasteiger partial charge in [0.2, 0.25) is 11.8 Å². The summed E-state index contributed by atoms with van der Waals surface area (Å²) in [6.07, 6.45) is 4.95. The molecular formula is C19H20ClN3O5. The molecule has 1 aliphatic heterocycles. The third kappa shape index (κ3) is 3.91. The van der Waals surface area contributed by atoms with Crippen LogP contribution in [0.1, 0.15) is 26.7 Å². The van der Waals surface area contributed by atoms with Crippen molar-refractivity contribution in [2.24, 2.45) is 11.8 Å². The molecule has 0 spiro atoms. The Hall–Kier alpha value is -2.74. The van der Waals surface area contributed by atoms with Crippen molar-refractivity contribution in [2.45, 2.75) is 38.8 Å². The zero-order chi connectivity index (χ0) is 20.4. The van der Waals surface area contributed by atoms with Crippen LogP contribution in [0, 0.1) is 11.8 Å². The molecule has 2 aliphatic rings. The summed E-state index contributed by atoms with van der Waals surface area (Å²) in [7, 11) is 0. The number of carbonyl (C=O) groups is 4. The van der Waals surface area contributed by atoms with Gasteiger partial charge in [-0.05, 0) is 38.8 Å². The SMILES string of the molecule is C[C@H](OC(=O)[C@H](C)N1C(=O)[C@H]2CC=CC[C@H]2C1=O)C(=O)Nc1ccc(Cl)cn1. The lowest BCUT2D eigenvalue weighted by Crippen LogP contribution is -2.46. The first kappa shape index (κ1) is 20.0. The van der Waals surface area contributed by atoms with E-state index in [1.54, 1.807) is 6.07 Å². The number of anilines is 1. The third-order valence-corrected chi connectivity index (χ3v) is 5.13. The van der Waals surface area contributed by atoms with Crippen LogP contribution in [0.15, 0.2) is 30.5 Å². The molecule has 2 heterocycles. The minimum absolute atomic E-state index is 0.256. The van der Waals surface area contributed by atoms with Crippen molar-refractivity contribution < 1.29 is 23.9 Å². The third-order valence-electron chi connectivity index (χ3n) is 4.91. The molecule has 0 unspecified atom stereocenters. The molecule has 1 aliphatic carbocycles. The van der Waals surface area contributed by atoms with Gasteiger partial charge in [0.05, 0.1) is 16.9 Å². The van der Waals surface area contributed by atoms with Crippen molar-refractivity contribution in [3.8, 4) is 0 Å². The summed E-state index contributed by atoms with van der Waals surface area (Å²) in [6, 6.07) is 1.96. The quantitative estimate of drug-likeness (QED) is 0.456. The summed E-state index contributed by atoms with van der Waals surface area (Å²) in [4.78, 5) is 54.6. The van der Waals surface area contributed by atoms with Gasteiger partial charge in [0.1, 0.15) is 11.9 Å². The number of amides is 3. The molecule has 1 N–H and O–H groups in total. The lowest BCUT2D eigenvalue weighted by atomic mass is 9.85. The van der Waals surface area contributed by atoms with Crippen molar-refractivity contribution in [1.29, 1.82) is 0 Å². The predicted molar refractivity (Wildman–Crippen MR) is 100 cm³/mol. The van der Waals surface area contributed by atoms with Gasteiger partial charge in [-0.2, -0.15) is 0 Å². The molecule has 0 bridgehead atoms. The van der Waals surface area contributed by atoms with E-state index < -0.39 is 35.9 Å². The molecule has 4 atom stereocenters. The van der Waals surface area contributed by atoms with Crippen molar-refractivity contribution >= 4 is 41.1 Å². The number of nitrogens with zero attached hydrogens (tertiary/aromatic N) is 2. The number of likely N-dealkylation sites (tertiary alicyclic amines) is 1. The molecule has 1 saturated heterocycles. The van der Waals surface area contributed by atoms with Gasteiger partial charge in [0, 0.05) is 6.20 Å². The molecule has 0 saturated carbocycles. The number of hydrogen-bond acceptors (Lipinski definition) is 6. The van der Waals surface area contributed by atoms with Gasteiger partial charge in [0.25, 0.3) is 5.91 Å². The predicted octanol–water partition coefficient (Wildman–Crippen LogP) is 1.94. The van der Waals surface area contributed by atoms with E-state index in [0.717, 1.165) is 4.90 Å². The normalized spacial score (nSPS) is 23.2. The molecular weight excluding hydrogens is 386 g/mol. The number of pyridine rings is 1. The maximum atomic E-state index is 12.5. The molecule has 1 fully saturated rings. The first-order chi connectivity index (χ1) is 13.3. The first-order valence-corrected chi connectivity index (χ1v) is 9.32. The number of rotatable bonds is 5. The molecule has 148 valence electrons. The molecule has 3 amide bonds. The number of fused-ring (bicyclic) bond motifs is 1. The Balaban J connectivity index is 1.60. The molecule has 0 aromatic carbocycles. The van der Waals surface area contributed by atoms with Gasteiger partial charge in [-0.25, -0.2) is 9.78 Å². The lowest BCUT2D eigenvalue weighted by Gasteiger charge is -2.23. The monoisotopic (exact) mass is 405 g/mol. The Morgan fingerprint density at radius 3 is 2.32 bits per heavy atom. The number of ether oxygens (including phenoxy) is 1. The van der Waals surface area contributed by atoms with Crippen LogP contribution in [0.3, 0.4) is 0 Å². The molecule has 28 heavy (non-hydrogen) atoms. The van der Waals surface area contributed by atoms with E-state index in [1.165, 1.54) is 26.1 Å². The standard InChI is InChI=1S/C19H20ClN3O5/c1-10(23-17(25)13-5-3-4-6-14(13)18(23)26)19(27)28-11(2)16(24)22-15-8-7-12(20)9-21-15/h3-4,7-11,13-14H,5-6H2,1-2H3,(H,21,22,24)/t10-,11-,13-,14+/m0/s1. The van der Waals surface area contributed by atoms with E-state index in [0.29, 0.717) is 17.9 Å². The number of aromatic nitrogens is 1. The average molecular weight is 406 g/mol. The number of carbonyl (C=O) groups excluding carboxylic acids is 4. The highest BCUT2D eigenvalue weighted by Gasteiger charge is 2.50. The van der Waals surface area contributed by atoms with E-state index in [2.05, 4.69) is 10.3 Å². The molecule has 8 nitrogen and oxygen atoms in total. The number of hydrogen-bond donors (Lipinski definition) is 1. The maximum absolute atomic E-state index is 12.5. The summed E-state index contributed by atoms with van der Waals surface area (Å²) in [5.74, 6) is -2.74. The lowest BCUT2D eigenvalue weighted by molar-refractivity contribution is -0.163. The van der Waals surface area contributed by atoms with Gasteiger partial charge < -0.3 is 10.1 Å². The second-order valence-corrected chi connectivity index (χ2v) is 7.24.